The van der Waals surface area contributed by atoms with Gasteiger partial charge in [-0.2, -0.15) is 0 Å². The standard InChI is InChI=1S/C15H20N4/c1-12-5-7-14(8-6-12)19(15(16)17-2)11-13-4-3-9-18-10-13/h5-10H,3-4,11H2,1-2H3,(H2,16,17). The minimum Gasteiger partial charge on any atom is -0.370 e. The predicted molar refractivity (Wildman–Crippen MR) is 81.9 cm³/mol. The highest BCUT2D eigenvalue weighted by molar-refractivity contribution is 5.95. The van der Waals surface area contributed by atoms with Crippen LogP contribution in [0.5, 0.6) is 0 Å². The van der Waals surface area contributed by atoms with E-state index in [0.717, 1.165) is 25.1 Å². The highest BCUT2D eigenvalue weighted by Gasteiger charge is 2.13. The topological polar surface area (TPSA) is 54.0 Å². The molecule has 1 aromatic rings. The van der Waals surface area contributed by atoms with E-state index in [4.69, 9.17) is 5.73 Å². The van der Waals surface area contributed by atoms with Crippen LogP contribution in [0.3, 0.4) is 0 Å². The first-order valence-corrected chi connectivity index (χ1v) is 6.46. The Morgan fingerprint density at radius 2 is 2.11 bits per heavy atom. The summed E-state index contributed by atoms with van der Waals surface area (Å²) in [6.07, 6.45) is 5.89. The number of guanidine groups is 1. The number of nitrogens with two attached hydrogens (primary N) is 1. The quantitative estimate of drug-likeness (QED) is 0.667. The number of hydrogen-bond donors (Lipinski definition) is 1. The molecule has 19 heavy (non-hydrogen) atoms. The average molecular weight is 256 g/mol. The SMILES string of the molecule is C/N=C(/N)N(CC1=CN=CCC1)c1ccc(C)cc1. The van der Waals surface area contributed by atoms with Gasteiger partial charge >= 0.3 is 0 Å². The van der Waals surface area contributed by atoms with Crippen LogP contribution in [0.2, 0.25) is 0 Å². The summed E-state index contributed by atoms with van der Waals surface area (Å²) in [5.74, 6) is 0.527. The number of hydrogen-bond acceptors (Lipinski definition) is 2. The Balaban J connectivity index is 2.23. The maximum Gasteiger partial charge on any atom is 0.195 e. The first-order valence-electron chi connectivity index (χ1n) is 6.46. The molecule has 0 spiro atoms. The number of anilines is 1. The van der Waals surface area contributed by atoms with E-state index in [-0.39, 0.29) is 0 Å². The van der Waals surface area contributed by atoms with Crippen molar-refractivity contribution in [3.63, 3.8) is 0 Å². The van der Waals surface area contributed by atoms with Crippen molar-refractivity contribution in [2.75, 3.05) is 18.5 Å². The molecule has 2 N–H and O–H groups in total. The van der Waals surface area contributed by atoms with E-state index in [2.05, 4.69) is 41.2 Å². The van der Waals surface area contributed by atoms with Gasteiger partial charge in [-0.1, -0.05) is 17.7 Å². The first-order chi connectivity index (χ1) is 9.20. The summed E-state index contributed by atoms with van der Waals surface area (Å²) in [6, 6.07) is 8.30. The van der Waals surface area contributed by atoms with Gasteiger partial charge in [-0.3, -0.25) is 9.98 Å². The summed E-state index contributed by atoms with van der Waals surface area (Å²) < 4.78 is 0. The predicted octanol–water partition coefficient (Wildman–Crippen LogP) is 2.49. The number of rotatable bonds is 3. The van der Waals surface area contributed by atoms with Crippen molar-refractivity contribution in [1.29, 1.82) is 0 Å². The Hall–Kier alpha value is -2.10. The van der Waals surface area contributed by atoms with Crippen LogP contribution in [-0.4, -0.2) is 25.8 Å². The molecule has 0 amide bonds. The van der Waals surface area contributed by atoms with E-state index in [1.165, 1.54) is 11.1 Å². The van der Waals surface area contributed by atoms with Crippen molar-refractivity contribution < 1.29 is 0 Å². The number of aliphatic imine (C=N–C) groups is 2. The minimum atomic E-state index is 0.527. The second-order valence-electron chi connectivity index (χ2n) is 4.66. The van der Waals surface area contributed by atoms with Crippen molar-refractivity contribution in [3.8, 4) is 0 Å². The van der Waals surface area contributed by atoms with Gasteiger partial charge in [0.15, 0.2) is 5.96 Å². The lowest BCUT2D eigenvalue weighted by atomic mass is 10.1. The zero-order valence-electron chi connectivity index (χ0n) is 11.5. The molecule has 4 heteroatoms. The molecule has 0 saturated heterocycles. The molecule has 0 aliphatic carbocycles. The lowest BCUT2D eigenvalue weighted by molar-refractivity contribution is 0.916. The Morgan fingerprint density at radius 3 is 2.68 bits per heavy atom. The van der Waals surface area contributed by atoms with Gasteiger partial charge in [-0.25, -0.2) is 0 Å². The molecule has 1 aromatic carbocycles. The molecule has 0 unspecified atom stereocenters. The van der Waals surface area contributed by atoms with Crippen LogP contribution < -0.4 is 10.6 Å². The second-order valence-corrected chi connectivity index (χ2v) is 4.66. The maximum absolute atomic E-state index is 6.01. The third-order valence-corrected chi connectivity index (χ3v) is 3.17. The summed E-state index contributed by atoms with van der Waals surface area (Å²) in [5, 5.41) is 0. The van der Waals surface area contributed by atoms with Gasteiger partial charge in [0.2, 0.25) is 0 Å². The molecular formula is C15H20N4. The molecular weight excluding hydrogens is 236 g/mol. The van der Waals surface area contributed by atoms with Crippen LogP contribution >= 0.6 is 0 Å². The zero-order valence-corrected chi connectivity index (χ0v) is 11.5. The summed E-state index contributed by atoms with van der Waals surface area (Å²) in [4.78, 5) is 10.3. The summed E-state index contributed by atoms with van der Waals surface area (Å²) >= 11 is 0. The molecule has 4 nitrogen and oxygen atoms in total. The van der Waals surface area contributed by atoms with Crippen molar-refractivity contribution in [2.24, 2.45) is 15.7 Å². The molecule has 0 radical (unpaired) electrons. The molecule has 100 valence electrons. The molecule has 0 fully saturated rings. The summed E-state index contributed by atoms with van der Waals surface area (Å²) in [7, 11) is 1.71. The normalized spacial score (nSPS) is 15.3. The largest absolute Gasteiger partial charge is 0.370 e. The van der Waals surface area contributed by atoms with Gasteiger partial charge in [0.05, 0.1) is 0 Å². The molecule has 0 atom stereocenters. The summed E-state index contributed by atoms with van der Waals surface area (Å²) in [6.45, 7) is 2.81. The molecule has 0 saturated carbocycles. The molecule has 0 aromatic heterocycles. The van der Waals surface area contributed by atoms with Gasteiger partial charge in [-0.15, -0.1) is 0 Å². The Morgan fingerprint density at radius 1 is 1.37 bits per heavy atom. The highest BCUT2D eigenvalue weighted by atomic mass is 15.2. The van der Waals surface area contributed by atoms with Crippen molar-refractivity contribution >= 4 is 17.9 Å². The van der Waals surface area contributed by atoms with E-state index >= 15 is 0 Å². The average Bonchev–Trinajstić information content (AvgIpc) is 2.46. The minimum absolute atomic E-state index is 0.527. The highest BCUT2D eigenvalue weighted by Crippen LogP contribution is 2.19. The fourth-order valence-electron chi connectivity index (χ4n) is 2.02. The van der Waals surface area contributed by atoms with Crippen molar-refractivity contribution in [1.82, 2.24) is 0 Å². The third-order valence-electron chi connectivity index (χ3n) is 3.17. The molecule has 1 heterocycles. The Labute approximate surface area is 114 Å². The zero-order chi connectivity index (χ0) is 13.7. The number of aryl methyl sites for hydroxylation is 1. The van der Waals surface area contributed by atoms with Crippen LogP contribution in [0.1, 0.15) is 18.4 Å². The van der Waals surface area contributed by atoms with E-state index in [9.17, 15) is 0 Å². The number of nitrogens with zero attached hydrogens (tertiary/aromatic N) is 3. The van der Waals surface area contributed by atoms with Gasteiger partial charge in [0.25, 0.3) is 0 Å². The van der Waals surface area contributed by atoms with Gasteiger partial charge in [0, 0.05) is 31.7 Å². The second kappa shape index (κ2) is 6.18. The Kier molecular flexibility index (Phi) is 4.34. The lowest BCUT2D eigenvalue weighted by Gasteiger charge is -2.25. The van der Waals surface area contributed by atoms with Gasteiger partial charge in [-0.05, 0) is 37.5 Å². The van der Waals surface area contributed by atoms with E-state index in [1.54, 1.807) is 7.05 Å². The van der Waals surface area contributed by atoms with Crippen LogP contribution in [0.4, 0.5) is 5.69 Å². The van der Waals surface area contributed by atoms with Crippen LogP contribution in [-0.2, 0) is 0 Å². The smallest absolute Gasteiger partial charge is 0.195 e. The van der Waals surface area contributed by atoms with Gasteiger partial charge < -0.3 is 10.6 Å². The van der Waals surface area contributed by atoms with Gasteiger partial charge in [0.1, 0.15) is 0 Å². The lowest BCUT2D eigenvalue weighted by Crippen LogP contribution is -2.38. The first kappa shape index (κ1) is 13.3. The molecule has 2 rings (SSSR count). The Bertz CT molecular complexity index is 511. The molecule has 1 aliphatic heterocycles. The van der Waals surface area contributed by atoms with E-state index < -0.39 is 0 Å². The fraction of sp³-hybridized carbons (Fsp3) is 0.333. The fourth-order valence-corrected chi connectivity index (χ4v) is 2.02. The van der Waals surface area contributed by atoms with Crippen molar-refractivity contribution in [3.05, 3.63) is 41.6 Å². The van der Waals surface area contributed by atoms with E-state index in [0.29, 0.717) is 5.96 Å². The third kappa shape index (κ3) is 3.44. The molecule has 1 aliphatic rings. The monoisotopic (exact) mass is 256 g/mol. The maximum atomic E-state index is 6.01. The summed E-state index contributed by atoms with van der Waals surface area (Å²) in [5.41, 5.74) is 9.58. The molecule has 0 bridgehead atoms. The van der Waals surface area contributed by atoms with Crippen molar-refractivity contribution in [2.45, 2.75) is 19.8 Å². The van der Waals surface area contributed by atoms with E-state index in [1.807, 2.05) is 17.3 Å². The van der Waals surface area contributed by atoms with Crippen LogP contribution in [0, 0.1) is 6.92 Å². The van der Waals surface area contributed by atoms with Crippen LogP contribution in [0.25, 0.3) is 0 Å². The number of benzene rings is 1. The van der Waals surface area contributed by atoms with Crippen LogP contribution in [0.15, 0.2) is 46.0 Å².